The second-order valence-electron chi connectivity index (χ2n) is 6.39. The van der Waals surface area contributed by atoms with Gasteiger partial charge in [-0.05, 0) is 36.8 Å². The second kappa shape index (κ2) is 5.71. The quantitative estimate of drug-likeness (QED) is 0.857. The fourth-order valence-electron chi connectivity index (χ4n) is 3.39. The van der Waals surface area contributed by atoms with E-state index in [2.05, 4.69) is 0 Å². The fourth-order valence-corrected chi connectivity index (χ4v) is 3.39. The summed E-state index contributed by atoms with van der Waals surface area (Å²) < 4.78 is 13.8. The van der Waals surface area contributed by atoms with E-state index in [1.807, 2.05) is 0 Å². The fraction of sp³-hybridized carbons (Fsp3) is 0.529. The summed E-state index contributed by atoms with van der Waals surface area (Å²) in [6, 6.07) is 6.30. The predicted molar refractivity (Wildman–Crippen MR) is 80.7 cm³/mol. The van der Waals surface area contributed by atoms with Crippen LogP contribution in [0.5, 0.6) is 0 Å². The van der Waals surface area contributed by atoms with Crippen LogP contribution in [0.3, 0.4) is 0 Å². The largest absolute Gasteiger partial charge is 0.347 e. The number of carbonyl (C=O) groups is 2. The molecule has 118 valence electrons. The van der Waals surface area contributed by atoms with Crippen molar-refractivity contribution < 1.29 is 14.0 Å². The molecule has 1 aromatic carbocycles. The SMILES string of the molecule is CN(C)C(=O)C1CCCN1C(=O)C1CC1c1ccccc1F. The summed E-state index contributed by atoms with van der Waals surface area (Å²) in [6.07, 6.45) is 2.26. The summed E-state index contributed by atoms with van der Waals surface area (Å²) in [5, 5.41) is 0. The summed E-state index contributed by atoms with van der Waals surface area (Å²) in [7, 11) is 3.42. The molecular formula is C17H21FN2O2. The molecule has 0 spiro atoms. The lowest BCUT2D eigenvalue weighted by atomic mass is 10.1. The molecule has 1 aliphatic carbocycles. The van der Waals surface area contributed by atoms with E-state index in [9.17, 15) is 14.0 Å². The van der Waals surface area contributed by atoms with E-state index in [0.29, 0.717) is 18.5 Å². The maximum Gasteiger partial charge on any atom is 0.244 e. The smallest absolute Gasteiger partial charge is 0.244 e. The van der Waals surface area contributed by atoms with Gasteiger partial charge in [-0.25, -0.2) is 4.39 Å². The van der Waals surface area contributed by atoms with Crippen molar-refractivity contribution in [2.24, 2.45) is 5.92 Å². The van der Waals surface area contributed by atoms with E-state index in [0.717, 1.165) is 12.8 Å². The van der Waals surface area contributed by atoms with Gasteiger partial charge in [-0.15, -0.1) is 0 Å². The second-order valence-corrected chi connectivity index (χ2v) is 6.39. The van der Waals surface area contributed by atoms with Crippen LogP contribution in [0.15, 0.2) is 24.3 Å². The van der Waals surface area contributed by atoms with Crippen molar-refractivity contribution in [1.82, 2.24) is 9.80 Å². The third-order valence-corrected chi connectivity index (χ3v) is 4.67. The van der Waals surface area contributed by atoms with Gasteiger partial charge in [0, 0.05) is 26.6 Å². The highest BCUT2D eigenvalue weighted by Gasteiger charge is 2.49. The monoisotopic (exact) mass is 304 g/mol. The topological polar surface area (TPSA) is 40.6 Å². The van der Waals surface area contributed by atoms with Crippen molar-refractivity contribution in [3.8, 4) is 0 Å². The first kappa shape index (κ1) is 15.0. The Bertz CT molecular complexity index is 602. The Labute approximate surface area is 129 Å². The predicted octanol–water partition coefficient (Wildman–Crippen LogP) is 2.01. The van der Waals surface area contributed by atoms with Gasteiger partial charge in [-0.2, -0.15) is 0 Å². The van der Waals surface area contributed by atoms with Gasteiger partial charge < -0.3 is 9.80 Å². The molecule has 0 aromatic heterocycles. The molecule has 1 aromatic rings. The minimum Gasteiger partial charge on any atom is -0.347 e. The first-order valence-electron chi connectivity index (χ1n) is 7.76. The maximum atomic E-state index is 13.8. The number of nitrogens with zero attached hydrogens (tertiary/aromatic N) is 2. The van der Waals surface area contributed by atoms with Crippen molar-refractivity contribution in [2.45, 2.75) is 31.2 Å². The third-order valence-electron chi connectivity index (χ3n) is 4.67. The van der Waals surface area contributed by atoms with Crippen LogP contribution in [0.25, 0.3) is 0 Å². The van der Waals surface area contributed by atoms with E-state index in [1.54, 1.807) is 37.2 Å². The van der Waals surface area contributed by atoms with Crippen LogP contribution in [-0.4, -0.2) is 48.3 Å². The van der Waals surface area contributed by atoms with Crippen LogP contribution in [0.1, 0.15) is 30.7 Å². The minimum atomic E-state index is -0.343. The molecular weight excluding hydrogens is 283 g/mol. The van der Waals surface area contributed by atoms with Gasteiger partial charge in [-0.1, -0.05) is 18.2 Å². The highest BCUT2D eigenvalue weighted by atomic mass is 19.1. The molecule has 2 aliphatic rings. The number of hydrogen-bond donors (Lipinski definition) is 0. The normalized spacial score (nSPS) is 26.9. The van der Waals surface area contributed by atoms with E-state index in [4.69, 9.17) is 0 Å². The lowest BCUT2D eigenvalue weighted by Gasteiger charge is -2.26. The molecule has 22 heavy (non-hydrogen) atoms. The van der Waals surface area contributed by atoms with Crippen LogP contribution >= 0.6 is 0 Å². The summed E-state index contributed by atoms with van der Waals surface area (Å²) in [5.41, 5.74) is 0.621. The Kier molecular flexibility index (Phi) is 3.89. The molecule has 4 nitrogen and oxygen atoms in total. The van der Waals surface area contributed by atoms with Gasteiger partial charge in [0.1, 0.15) is 11.9 Å². The van der Waals surface area contributed by atoms with Gasteiger partial charge in [0.25, 0.3) is 0 Å². The Hall–Kier alpha value is -1.91. The number of likely N-dealkylation sites (N-methyl/N-ethyl adjacent to an activating group) is 1. The van der Waals surface area contributed by atoms with Crippen LogP contribution in [0.2, 0.25) is 0 Å². The van der Waals surface area contributed by atoms with Gasteiger partial charge in [0.05, 0.1) is 0 Å². The van der Waals surface area contributed by atoms with Gasteiger partial charge in [0.15, 0.2) is 0 Å². The molecule has 3 rings (SSSR count). The van der Waals surface area contributed by atoms with E-state index in [-0.39, 0.29) is 35.5 Å². The molecule has 0 bridgehead atoms. The molecule has 1 heterocycles. The zero-order valence-corrected chi connectivity index (χ0v) is 13.0. The number of rotatable bonds is 3. The molecule has 3 atom stereocenters. The van der Waals surface area contributed by atoms with Crippen molar-refractivity contribution >= 4 is 11.8 Å². The first-order valence-corrected chi connectivity index (χ1v) is 7.76. The lowest BCUT2D eigenvalue weighted by Crippen LogP contribution is -2.46. The van der Waals surface area contributed by atoms with Crippen LogP contribution in [0, 0.1) is 11.7 Å². The number of carbonyl (C=O) groups excluding carboxylic acids is 2. The zero-order chi connectivity index (χ0) is 15.9. The van der Waals surface area contributed by atoms with Gasteiger partial charge in [0.2, 0.25) is 11.8 Å². The average molecular weight is 304 g/mol. The van der Waals surface area contributed by atoms with E-state index < -0.39 is 0 Å². The number of amides is 2. The van der Waals surface area contributed by atoms with E-state index in [1.165, 1.54) is 11.0 Å². The van der Waals surface area contributed by atoms with Crippen LogP contribution in [0.4, 0.5) is 4.39 Å². The average Bonchev–Trinajstić information content (AvgIpc) is 3.13. The third kappa shape index (κ3) is 2.60. The number of halogens is 1. The van der Waals surface area contributed by atoms with Gasteiger partial charge >= 0.3 is 0 Å². The lowest BCUT2D eigenvalue weighted by molar-refractivity contribution is -0.143. The summed E-state index contributed by atoms with van der Waals surface area (Å²) >= 11 is 0. The van der Waals surface area contributed by atoms with Crippen LogP contribution in [-0.2, 0) is 9.59 Å². The van der Waals surface area contributed by atoms with Crippen molar-refractivity contribution in [3.05, 3.63) is 35.6 Å². The Morgan fingerprint density at radius 1 is 1.27 bits per heavy atom. The van der Waals surface area contributed by atoms with Crippen LogP contribution < -0.4 is 0 Å². The molecule has 3 unspecified atom stereocenters. The number of benzene rings is 1. The summed E-state index contributed by atoms with van der Waals surface area (Å²) in [6.45, 7) is 0.629. The molecule has 0 radical (unpaired) electrons. The molecule has 2 fully saturated rings. The highest BCUT2D eigenvalue weighted by molar-refractivity contribution is 5.90. The highest BCUT2D eigenvalue weighted by Crippen LogP contribution is 2.49. The summed E-state index contributed by atoms with van der Waals surface area (Å²) in [5.74, 6) is -0.470. The zero-order valence-electron chi connectivity index (χ0n) is 13.0. The molecule has 1 saturated heterocycles. The maximum absolute atomic E-state index is 13.8. The van der Waals surface area contributed by atoms with Gasteiger partial charge in [-0.3, -0.25) is 9.59 Å². The Balaban J connectivity index is 1.71. The molecule has 0 N–H and O–H groups in total. The Morgan fingerprint density at radius 3 is 2.68 bits per heavy atom. The van der Waals surface area contributed by atoms with Crippen molar-refractivity contribution in [1.29, 1.82) is 0 Å². The Morgan fingerprint density at radius 2 is 2.00 bits per heavy atom. The minimum absolute atomic E-state index is 0.00551. The summed E-state index contributed by atoms with van der Waals surface area (Å²) in [4.78, 5) is 28.1. The van der Waals surface area contributed by atoms with E-state index >= 15 is 0 Å². The molecule has 2 amide bonds. The van der Waals surface area contributed by atoms with Crippen molar-refractivity contribution in [2.75, 3.05) is 20.6 Å². The standard InChI is InChI=1S/C17H21FN2O2/c1-19(2)17(22)15-8-5-9-20(15)16(21)13-10-12(13)11-6-3-4-7-14(11)18/h3-4,6-7,12-13,15H,5,8-10H2,1-2H3. The first-order chi connectivity index (χ1) is 10.5. The molecule has 1 aliphatic heterocycles. The molecule has 1 saturated carbocycles. The number of likely N-dealkylation sites (tertiary alicyclic amines) is 1. The van der Waals surface area contributed by atoms with Crippen molar-refractivity contribution in [3.63, 3.8) is 0 Å². The molecule has 5 heteroatoms. The number of hydrogen-bond acceptors (Lipinski definition) is 2.